The summed E-state index contributed by atoms with van der Waals surface area (Å²) in [5, 5.41) is 16.4. The summed E-state index contributed by atoms with van der Waals surface area (Å²) in [5.41, 5.74) is -0.143. The van der Waals surface area contributed by atoms with Gasteiger partial charge in [0.15, 0.2) is 0 Å². The van der Waals surface area contributed by atoms with Crippen molar-refractivity contribution in [1.82, 2.24) is 10.3 Å². The molecule has 1 atom stereocenters. The Labute approximate surface area is 102 Å². The highest BCUT2D eigenvalue weighted by Crippen LogP contribution is 2.26. The van der Waals surface area contributed by atoms with Gasteiger partial charge < -0.3 is 15.4 Å². The molecule has 0 aliphatic carbocycles. The molecule has 1 amide bonds. The summed E-state index contributed by atoms with van der Waals surface area (Å²) in [5.74, 6) is 0.305. The summed E-state index contributed by atoms with van der Waals surface area (Å²) >= 11 is 0. The maximum atomic E-state index is 11.1. The number of pyridine rings is 1. The smallest absolute Gasteiger partial charge is 0.311 e. The number of aromatic nitrogens is 1. The quantitative estimate of drug-likeness (QED) is 0.589. The molecule has 8 nitrogen and oxygen atoms in total. The predicted octanol–water partition coefficient (Wildman–Crippen LogP) is 0.299. The average molecular weight is 252 g/mol. The Kier molecular flexibility index (Phi) is 3.26. The van der Waals surface area contributed by atoms with E-state index in [2.05, 4.69) is 15.6 Å². The van der Waals surface area contributed by atoms with Crippen molar-refractivity contribution in [1.29, 1.82) is 0 Å². The van der Waals surface area contributed by atoms with Crippen LogP contribution in [0.3, 0.4) is 0 Å². The molecule has 2 N–H and O–H groups in total. The number of nitro groups is 1. The van der Waals surface area contributed by atoms with Crippen molar-refractivity contribution in [2.24, 2.45) is 0 Å². The van der Waals surface area contributed by atoms with E-state index in [9.17, 15) is 14.9 Å². The van der Waals surface area contributed by atoms with Crippen LogP contribution >= 0.6 is 0 Å². The van der Waals surface area contributed by atoms with Gasteiger partial charge in [-0.15, -0.1) is 0 Å². The summed E-state index contributed by atoms with van der Waals surface area (Å²) < 4.78 is 4.92. The third-order valence-corrected chi connectivity index (χ3v) is 2.57. The van der Waals surface area contributed by atoms with Crippen LogP contribution in [-0.2, 0) is 4.79 Å². The van der Waals surface area contributed by atoms with Crippen molar-refractivity contribution in [2.45, 2.75) is 12.5 Å². The number of carbonyl (C=O) groups excluding carboxylic acids is 1. The molecule has 2 rings (SSSR count). The fraction of sp³-hybridized carbons (Fsp3) is 0.400. The molecule has 96 valence electrons. The molecule has 1 aromatic rings. The number of methoxy groups -OCH3 is 1. The Morgan fingerprint density at radius 1 is 1.61 bits per heavy atom. The van der Waals surface area contributed by atoms with Crippen molar-refractivity contribution in [2.75, 3.05) is 19.0 Å². The normalized spacial score (nSPS) is 18.3. The molecule has 0 aromatic carbocycles. The van der Waals surface area contributed by atoms with Crippen LogP contribution in [0.4, 0.5) is 11.5 Å². The van der Waals surface area contributed by atoms with Crippen molar-refractivity contribution >= 4 is 17.4 Å². The lowest BCUT2D eigenvalue weighted by molar-refractivity contribution is -0.384. The number of hydrogen-bond acceptors (Lipinski definition) is 6. The highest BCUT2D eigenvalue weighted by molar-refractivity contribution is 5.79. The molecule has 8 heteroatoms. The molecule has 1 aliphatic rings. The molecular weight excluding hydrogens is 240 g/mol. The fourth-order valence-electron chi connectivity index (χ4n) is 1.70. The van der Waals surface area contributed by atoms with Gasteiger partial charge in [-0.1, -0.05) is 0 Å². The van der Waals surface area contributed by atoms with Crippen molar-refractivity contribution in [3.05, 3.63) is 22.2 Å². The van der Waals surface area contributed by atoms with Crippen LogP contribution in [0.15, 0.2) is 12.1 Å². The van der Waals surface area contributed by atoms with Gasteiger partial charge in [0.25, 0.3) is 0 Å². The molecule has 1 aliphatic heterocycles. The predicted molar refractivity (Wildman–Crippen MR) is 62.5 cm³/mol. The third-order valence-electron chi connectivity index (χ3n) is 2.57. The second kappa shape index (κ2) is 4.86. The van der Waals surface area contributed by atoms with E-state index in [0.29, 0.717) is 6.54 Å². The topological polar surface area (TPSA) is 106 Å². The van der Waals surface area contributed by atoms with Crippen molar-refractivity contribution in [3.8, 4) is 5.88 Å². The third kappa shape index (κ3) is 2.47. The van der Waals surface area contributed by atoms with Crippen LogP contribution in [-0.4, -0.2) is 35.5 Å². The van der Waals surface area contributed by atoms with E-state index in [1.54, 1.807) is 0 Å². The minimum atomic E-state index is -0.529. The van der Waals surface area contributed by atoms with E-state index in [1.165, 1.54) is 19.2 Å². The standard InChI is InChI=1S/C10H12N4O4/c1-18-9-3-2-7(14(16)17)10(13-9)12-6-4-8(15)11-5-6/h2-3,6H,4-5H2,1H3,(H,11,15)(H,12,13). The number of ether oxygens (including phenoxy) is 1. The van der Waals surface area contributed by atoms with Crippen LogP contribution in [0.5, 0.6) is 5.88 Å². The van der Waals surface area contributed by atoms with Crippen LogP contribution in [0.2, 0.25) is 0 Å². The van der Waals surface area contributed by atoms with E-state index >= 15 is 0 Å². The van der Waals surface area contributed by atoms with E-state index in [1.807, 2.05) is 0 Å². The van der Waals surface area contributed by atoms with Gasteiger partial charge in [0, 0.05) is 25.1 Å². The zero-order chi connectivity index (χ0) is 13.1. The molecule has 0 spiro atoms. The van der Waals surface area contributed by atoms with Crippen molar-refractivity contribution in [3.63, 3.8) is 0 Å². The molecule has 1 aromatic heterocycles. The minimum Gasteiger partial charge on any atom is -0.481 e. The first-order valence-corrected chi connectivity index (χ1v) is 5.33. The monoisotopic (exact) mass is 252 g/mol. The Morgan fingerprint density at radius 3 is 2.94 bits per heavy atom. The van der Waals surface area contributed by atoms with E-state index < -0.39 is 4.92 Å². The maximum absolute atomic E-state index is 11.1. The second-order valence-corrected chi connectivity index (χ2v) is 3.83. The molecule has 18 heavy (non-hydrogen) atoms. The zero-order valence-corrected chi connectivity index (χ0v) is 9.67. The first kappa shape index (κ1) is 12.1. The van der Waals surface area contributed by atoms with Gasteiger partial charge in [-0.2, -0.15) is 4.98 Å². The Bertz CT molecular complexity index is 491. The van der Waals surface area contributed by atoms with Crippen molar-refractivity contribution < 1.29 is 14.5 Å². The molecular formula is C10H12N4O4. The average Bonchev–Trinajstić information content (AvgIpc) is 2.74. The first-order chi connectivity index (χ1) is 8.60. The number of carbonyl (C=O) groups is 1. The fourth-order valence-corrected chi connectivity index (χ4v) is 1.70. The number of anilines is 1. The van der Waals surface area contributed by atoms with Gasteiger partial charge in [0.1, 0.15) is 0 Å². The second-order valence-electron chi connectivity index (χ2n) is 3.83. The molecule has 0 saturated carbocycles. The summed E-state index contributed by atoms with van der Waals surface area (Å²) in [4.78, 5) is 25.4. The first-order valence-electron chi connectivity index (χ1n) is 5.33. The molecule has 1 unspecified atom stereocenters. The Morgan fingerprint density at radius 2 is 2.39 bits per heavy atom. The number of hydrogen-bond donors (Lipinski definition) is 2. The molecule has 1 fully saturated rings. The zero-order valence-electron chi connectivity index (χ0n) is 9.67. The Balaban J connectivity index is 2.23. The Hall–Kier alpha value is -2.38. The largest absolute Gasteiger partial charge is 0.481 e. The van der Waals surface area contributed by atoms with Crippen LogP contribution in [0.1, 0.15) is 6.42 Å². The maximum Gasteiger partial charge on any atom is 0.311 e. The number of rotatable bonds is 4. The van der Waals surface area contributed by atoms with Gasteiger partial charge in [-0.05, 0) is 0 Å². The van der Waals surface area contributed by atoms with Gasteiger partial charge in [-0.25, -0.2) is 0 Å². The van der Waals surface area contributed by atoms with E-state index in [0.717, 1.165) is 0 Å². The van der Waals surface area contributed by atoms with Crippen LogP contribution < -0.4 is 15.4 Å². The lowest BCUT2D eigenvalue weighted by atomic mass is 10.2. The lowest BCUT2D eigenvalue weighted by Gasteiger charge is -2.11. The molecule has 1 saturated heterocycles. The lowest BCUT2D eigenvalue weighted by Crippen LogP contribution is -2.23. The molecule has 0 radical (unpaired) electrons. The highest BCUT2D eigenvalue weighted by Gasteiger charge is 2.25. The van der Waals surface area contributed by atoms with Gasteiger partial charge in [-0.3, -0.25) is 14.9 Å². The van der Waals surface area contributed by atoms with E-state index in [4.69, 9.17) is 4.74 Å². The molecule has 0 bridgehead atoms. The molecule has 2 heterocycles. The minimum absolute atomic E-state index is 0.0851. The summed E-state index contributed by atoms with van der Waals surface area (Å²) in [6.45, 7) is 0.425. The number of nitrogens with one attached hydrogen (secondary N) is 2. The number of nitrogens with zero attached hydrogens (tertiary/aromatic N) is 2. The summed E-state index contributed by atoms with van der Waals surface area (Å²) in [6, 6.07) is 2.54. The van der Waals surface area contributed by atoms with Gasteiger partial charge >= 0.3 is 5.69 Å². The van der Waals surface area contributed by atoms with Crippen LogP contribution in [0.25, 0.3) is 0 Å². The van der Waals surface area contributed by atoms with Gasteiger partial charge in [0.05, 0.1) is 18.1 Å². The SMILES string of the molecule is COc1ccc([N+](=O)[O-])c(NC2CNC(=O)C2)n1. The highest BCUT2D eigenvalue weighted by atomic mass is 16.6. The number of amides is 1. The summed E-state index contributed by atoms with van der Waals surface area (Å²) in [6.07, 6.45) is 0.274. The van der Waals surface area contributed by atoms with Gasteiger partial charge in [0.2, 0.25) is 17.6 Å². The van der Waals surface area contributed by atoms with Crippen LogP contribution in [0, 0.1) is 10.1 Å². The summed E-state index contributed by atoms with van der Waals surface area (Å²) in [7, 11) is 1.43. The van der Waals surface area contributed by atoms with E-state index in [-0.39, 0.29) is 35.8 Å².